The number of likely N-dealkylation sites (tertiary alicyclic amines) is 1. The largest absolute Gasteiger partial charge is 0.304 e. The molecule has 2 fully saturated rings. The Hall–Kier alpha value is -3.12. The number of ketones is 2. The second kappa shape index (κ2) is 13.0. The van der Waals surface area contributed by atoms with Gasteiger partial charge < -0.3 is 14.7 Å². The second-order valence-corrected chi connectivity index (χ2v) is 11.7. The third-order valence-electron chi connectivity index (χ3n) is 9.12. The van der Waals surface area contributed by atoms with Crippen LogP contribution in [0.5, 0.6) is 0 Å². The zero-order valence-corrected chi connectivity index (χ0v) is 24.3. The van der Waals surface area contributed by atoms with Gasteiger partial charge in [0.2, 0.25) is 0 Å². The molecule has 2 aliphatic heterocycles. The number of hydrogen-bond acceptors (Lipinski definition) is 5. The molecule has 2 heterocycles. The maximum absolute atomic E-state index is 14.2. The molecule has 0 amide bonds. The molecular weight excluding hydrogens is 494 g/mol. The summed E-state index contributed by atoms with van der Waals surface area (Å²) in [6.45, 7) is 12.0. The summed E-state index contributed by atoms with van der Waals surface area (Å²) in [4.78, 5) is 35.8. The van der Waals surface area contributed by atoms with E-state index in [1.807, 2.05) is 60.7 Å². The lowest BCUT2D eigenvalue weighted by Gasteiger charge is -2.44. The van der Waals surface area contributed by atoms with E-state index in [1.54, 1.807) is 0 Å². The molecule has 0 N–H and O–H groups in total. The first-order valence-electron chi connectivity index (χ1n) is 14.8. The molecule has 3 aromatic carbocycles. The Morgan fingerprint density at radius 3 is 1.75 bits per heavy atom. The zero-order valence-electron chi connectivity index (χ0n) is 24.3. The van der Waals surface area contributed by atoms with E-state index in [1.165, 1.54) is 11.1 Å². The van der Waals surface area contributed by atoms with Crippen LogP contribution in [0.15, 0.2) is 78.9 Å². The van der Waals surface area contributed by atoms with E-state index in [0.29, 0.717) is 13.1 Å². The Balaban J connectivity index is 1.47. The van der Waals surface area contributed by atoms with Crippen molar-refractivity contribution in [2.75, 3.05) is 59.4 Å². The van der Waals surface area contributed by atoms with Crippen molar-refractivity contribution in [3.8, 4) is 0 Å². The summed E-state index contributed by atoms with van der Waals surface area (Å²) in [5, 5.41) is 0. The summed E-state index contributed by atoms with van der Waals surface area (Å²) < 4.78 is 0. The Morgan fingerprint density at radius 2 is 1.20 bits per heavy atom. The number of hydrogen-bond donors (Lipinski definition) is 0. The summed E-state index contributed by atoms with van der Waals surface area (Å²) in [6, 6.07) is 25.7. The molecule has 5 nitrogen and oxygen atoms in total. The van der Waals surface area contributed by atoms with Crippen LogP contribution in [-0.4, -0.2) is 85.7 Å². The number of carbonyl (C=O) groups is 2. The molecule has 0 aromatic heterocycles. The number of aryl methyl sites for hydroxylation is 1. The van der Waals surface area contributed by atoms with Crippen molar-refractivity contribution < 1.29 is 9.59 Å². The fraction of sp³-hybridized carbons (Fsp3) is 0.429. The van der Waals surface area contributed by atoms with E-state index >= 15 is 0 Å². The first kappa shape index (κ1) is 28.4. The van der Waals surface area contributed by atoms with Crippen LogP contribution in [0.25, 0.3) is 0 Å². The van der Waals surface area contributed by atoms with Crippen molar-refractivity contribution in [1.29, 1.82) is 0 Å². The SMILES string of the molecule is Cc1cccc(C2[C@@H](C(=O)c3ccccc3)CN(CCCN3CCN(C)CC3)C[C@H]2C(=O)c2ccccc2)c1C. The minimum absolute atomic E-state index is 0.140. The molecule has 0 saturated carbocycles. The third-order valence-corrected chi connectivity index (χ3v) is 9.12. The number of carbonyl (C=O) groups excluding carboxylic acids is 2. The van der Waals surface area contributed by atoms with Gasteiger partial charge in [-0.1, -0.05) is 78.9 Å². The van der Waals surface area contributed by atoms with E-state index in [-0.39, 0.29) is 29.3 Å². The molecular formula is C35H43N3O2. The van der Waals surface area contributed by atoms with Gasteiger partial charge in [0.15, 0.2) is 11.6 Å². The average molecular weight is 538 g/mol. The number of Topliss-reactive ketones (excluding diaryl/α,β-unsaturated/α-hetero) is 2. The molecule has 40 heavy (non-hydrogen) atoms. The second-order valence-electron chi connectivity index (χ2n) is 11.7. The molecule has 5 heteroatoms. The highest BCUT2D eigenvalue weighted by molar-refractivity contribution is 6.02. The van der Waals surface area contributed by atoms with Gasteiger partial charge in [-0.15, -0.1) is 0 Å². The molecule has 3 atom stereocenters. The van der Waals surface area contributed by atoms with Crippen molar-refractivity contribution in [2.45, 2.75) is 26.2 Å². The summed E-state index contributed by atoms with van der Waals surface area (Å²) in [7, 11) is 2.19. The zero-order chi connectivity index (χ0) is 28.1. The molecule has 5 rings (SSSR count). The van der Waals surface area contributed by atoms with Gasteiger partial charge in [-0.3, -0.25) is 9.59 Å². The molecule has 3 aromatic rings. The van der Waals surface area contributed by atoms with Crippen molar-refractivity contribution in [3.05, 3.63) is 107 Å². The van der Waals surface area contributed by atoms with Gasteiger partial charge in [-0.2, -0.15) is 0 Å². The van der Waals surface area contributed by atoms with Gasteiger partial charge in [0, 0.05) is 68.1 Å². The van der Waals surface area contributed by atoms with Gasteiger partial charge in [-0.25, -0.2) is 0 Å². The topological polar surface area (TPSA) is 43.9 Å². The number of piperidine rings is 1. The van der Waals surface area contributed by atoms with E-state index in [4.69, 9.17) is 0 Å². The summed E-state index contributed by atoms with van der Waals surface area (Å²) in [5.41, 5.74) is 4.98. The number of rotatable bonds is 9. The first-order chi connectivity index (χ1) is 19.4. The standard InChI is InChI=1S/C35H43N3O2/c1-26-12-10-17-30(27(26)2)33-31(34(39)28-13-6-4-7-14-28)24-38(19-11-18-37-22-20-36(3)21-23-37)25-32(33)35(40)29-15-8-5-9-16-29/h4-10,12-17,31-33H,11,18-25H2,1-3H3/t31-,32+,33?. The van der Waals surface area contributed by atoms with Crippen molar-refractivity contribution in [1.82, 2.24) is 14.7 Å². The van der Waals surface area contributed by atoms with Crippen molar-refractivity contribution >= 4 is 11.6 Å². The minimum Gasteiger partial charge on any atom is -0.304 e. The molecule has 2 saturated heterocycles. The van der Waals surface area contributed by atoms with Crippen LogP contribution in [0.2, 0.25) is 0 Å². The predicted octanol–water partition coefficient (Wildman–Crippen LogP) is 5.34. The van der Waals surface area contributed by atoms with Gasteiger partial charge >= 0.3 is 0 Å². The normalized spacial score (nSPS) is 22.7. The molecule has 0 aliphatic carbocycles. The van der Waals surface area contributed by atoms with Crippen LogP contribution in [0.1, 0.15) is 49.7 Å². The molecule has 210 valence electrons. The van der Waals surface area contributed by atoms with Gasteiger partial charge in [-0.05, 0) is 57.1 Å². The van der Waals surface area contributed by atoms with Gasteiger partial charge in [0.25, 0.3) is 0 Å². The summed E-state index contributed by atoms with van der Waals surface area (Å²) in [6.07, 6.45) is 1.04. The Morgan fingerprint density at radius 1 is 0.675 bits per heavy atom. The Labute approximate surface area is 239 Å². The van der Waals surface area contributed by atoms with Crippen molar-refractivity contribution in [3.63, 3.8) is 0 Å². The van der Waals surface area contributed by atoms with Crippen LogP contribution < -0.4 is 0 Å². The molecule has 0 bridgehead atoms. The highest BCUT2D eigenvalue weighted by Gasteiger charge is 2.45. The lowest BCUT2D eigenvalue weighted by atomic mass is 9.67. The van der Waals surface area contributed by atoms with Crippen LogP contribution in [0.4, 0.5) is 0 Å². The van der Waals surface area contributed by atoms with Gasteiger partial charge in [0.1, 0.15) is 0 Å². The number of benzene rings is 3. The monoisotopic (exact) mass is 537 g/mol. The maximum Gasteiger partial charge on any atom is 0.167 e. The van der Waals surface area contributed by atoms with E-state index in [2.05, 4.69) is 53.8 Å². The molecule has 1 unspecified atom stereocenters. The lowest BCUT2D eigenvalue weighted by molar-refractivity contribution is 0.0557. The van der Waals surface area contributed by atoms with E-state index in [0.717, 1.165) is 62.4 Å². The van der Waals surface area contributed by atoms with Crippen LogP contribution in [-0.2, 0) is 0 Å². The lowest BCUT2D eigenvalue weighted by Crippen LogP contribution is -2.51. The van der Waals surface area contributed by atoms with Crippen LogP contribution in [0.3, 0.4) is 0 Å². The average Bonchev–Trinajstić information content (AvgIpc) is 2.99. The first-order valence-corrected chi connectivity index (χ1v) is 14.8. The predicted molar refractivity (Wildman–Crippen MR) is 162 cm³/mol. The fourth-order valence-electron chi connectivity index (χ4n) is 6.60. The van der Waals surface area contributed by atoms with Gasteiger partial charge in [0.05, 0.1) is 0 Å². The quantitative estimate of drug-likeness (QED) is 0.345. The molecule has 2 aliphatic rings. The van der Waals surface area contributed by atoms with Crippen molar-refractivity contribution in [2.24, 2.45) is 11.8 Å². The third kappa shape index (κ3) is 6.43. The van der Waals surface area contributed by atoms with E-state index < -0.39 is 0 Å². The van der Waals surface area contributed by atoms with Crippen LogP contribution >= 0.6 is 0 Å². The highest BCUT2D eigenvalue weighted by Crippen LogP contribution is 2.42. The molecule has 0 radical (unpaired) electrons. The van der Waals surface area contributed by atoms with E-state index in [9.17, 15) is 9.59 Å². The number of likely N-dealkylation sites (N-methyl/N-ethyl adjacent to an activating group) is 1. The smallest absolute Gasteiger partial charge is 0.167 e. The summed E-state index contributed by atoms with van der Waals surface area (Å²) >= 11 is 0. The maximum atomic E-state index is 14.2. The minimum atomic E-state index is -0.294. The summed E-state index contributed by atoms with van der Waals surface area (Å²) in [5.74, 6) is -0.479. The number of nitrogens with zero attached hydrogens (tertiary/aromatic N) is 3. The Bertz CT molecular complexity index is 1220. The fourth-order valence-corrected chi connectivity index (χ4v) is 6.60. The van der Waals surface area contributed by atoms with Crippen LogP contribution in [0, 0.1) is 25.7 Å². The number of piperazine rings is 1. The Kier molecular flexibility index (Phi) is 9.25. The molecule has 0 spiro atoms. The highest BCUT2D eigenvalue weighted by atomic mass is 16.1.